The smallest absolute Gasteiger partial charge is 0.416 e. The van der Waals surface area contributed by atoms with E-state index in [1.165, 1.54) is 19.2 Å². The first-order valence-corrected chi connectivity index (χ1v) is 9.28. The predicted molar refractivity (Wildman–Crippen MR) is 104 cm³/mol. The molecule has 1 aliphatic heterocycles. The number of carbonyl (C=O) groups excluding carboxylic acids is 2. The predicted octanol–water partition coefficient (Wildman–Crippen LogP) is 3.25. The first kappa shape index (κ1) is 21.5. The summed E-state index contributed by atoms with van der Waals surface area (Å²) in [5.41, 5.74) is 0.214. The average Bonchev–Trinajstić information content (AvgIpc) is 2.77. The van der Waals surface area contributed by atoms with Gasteiger partial charge >= 0.3 is 6.18 Å². The normalized spacial score (nSPS) is 14.4. The van der Waals surface area contributed by atoms with Gasteiger partial charge < -0.3 is 19.3 Å². The Bertz CT molecular complexity index is 909. The quantitative estimate of drug-likeness (QED) is 0.669. The lowest BCUT2D eigenvalue weighted by molar-refractivity contribution is -0.137. The van der Waals surface area contributed by atoms with Crippen LogP contribution in [0.4, 0.5) is 18.9 Å². The van der Waals surface area contributed by atoms with Crippen molar-refractivity contribution >= 4 is 17.9 Å². The summed E-state index contributed by atoms with van der Waals surface area (Å²) in [7, 11) is 1.44. The zero-order valence-corrected chi connectivity index (χ0v) is 16.3. The SMILES string of the molecule is COc1cc(C=O)ccc1OCC(=O)N1CCN(c2cccc(C(F)(F)F)c2)CC1. The molecule has 160 valence electrons. The second-order valence-corrected chi connectivity index (χ2v) is 6.73. The second kappa shape index (κ2) is 9.06. The van der Waals surface area contributed by atoms with Gasteiger partial charge in [0.2, 0.25) is 0 Å². The number of alkyl halides is 3. The van der Waals surface area contributed by atoms with Gasteiger partial charge in [0, 0.05) is 37.4 Å². The van der Waals surface area contributed by atoms with Gasteiger partial charge in [-0.15, -0.1) is 0 Å². The number of carbonyl (C=O) groups is 2. The lowest BCUT2D eigenvalue weighted by Gasteiger charge is -2.36. The Morgan fingerprint density at radius 3 is 2.43 bits per heavy atom. The minimum absolute atomic E-state index is 0.208. The first-order chi connectivity index (χ1) is 14.3. The van der Waals surface area contributed by atoms with Gasteiger partial charge in [0.05, 0.1) is 12.7 Å². The Morgan fingerprint density at radius 2 is 1.80 bits per heavy atom. The minimum atomic E-state index is -4.39. The number of rotatable bonds is 6. The van der Waals surface area contributed by atoms with Crippen LogP contribution in [0.5, 0.6) is 11.5 Å². The van der Waals surface area contributed by atoms with Crippen molar-refractivity contribution < 1.29 is 32.2 Å². The lowest BCUT2D eigenvalue weighted by atomic mass is 10.1. The van der Waals surface area contributed by atoms with Crippen molar-refractivity contribution in [3.63, 3.8) is 0 Å². The van der Waals surface area contributed by atoms with E-state index < -0.39 is 11.7 Å². The van der Waals surface area contributed by atoms with E-state index in [1.807, 2.05) is 4.90 Å². The summed E-state index contributed by atoms with van der Waals surface area (Å²) in [5, 5.41) is 0. The molecule has 0 radical (unpaired) electrons. The van der Waals surface area contributed by atoms with Crippen molar-refractivity contribution in [1.29, 1.82) is 0 Å². The van der Waals surface area contributed by atoms with Gasteiger partial charge in [0.25, 0.3) is 5.91 Å². The summed E-state index contributed by atoms with van der Waals surface area (Å²) in [5.74, 6) is 0.459. The fourth-order valence-electron chi connectivity index (χ4n) is 3.20. The van der Waals surface area contributed by atoms with E-state index in [-0.39, 0.29) is 12.5 Å². The third-order valence-electron chi connectivity index (χ3n) is 4.85. The standard InChI is InChI=1S/C21H21F3N2O4/c1-29-19-11-15(13-27)5-6-18(19)30-14-20(28)26-9-7-25(8-10-26)17-4-2-3-16(12-17)21(22,23)24/h2-6,11-13H,7-10,14H2,1H3. The Kier molecular flexibility index (Phi) is 6.49. The van der Waals surface area contributed by atoms with Crippen molar-refractivity contribution in [2.75, 3.05) is 44.8 Å². The lowest BCUT2D eigenvalue weighted by Crippen LogP contribution is -2.50. The third kappa shape index (κ3) is 5.03. The molecule has 0 saturated carbocycles. The molecule has 30 heavy (non-hydrogen) atoms. The summed E-state index contributed by atoms with van der Waals surface area (Å²) in [6, 6.07) is 9.80. The van der Waals surface area contributed by atoms with Gasteiger partial charge in [-0.05, 0) is 36.4 Å². The van der Waals surface area contributed by atoms with Crippen LogP contribution in [0.2, 0.25) is 0 Å². The van der Waals surface area contributed by atoms with Gasteiger partial charge in [0.1, 0.15) is 6.29 Å². The molecule has 2 aromatic rings. The third-order valence-corrected chi connectivity index (χ3v) is 4.85. The molecular weight excluding hydrogens is 401 g/mol. The molecule has 0 N–H and O–H groups in total. The summed E-state index contributed by atoms with van der Waals surface area (Å²) >= 11 is 0. The largest absolute Gasteiger partial charge is 0.493 e. The highest BCUT2D eigenvalue weighted by molar-refractivity contribution is 5.79. The van der Waals surface area contributed by atoms with Crippen LogP contribution in [0.25, 0.3) is 0 Å². The van der Waals surface area contributed by atoms with Crippen LogP contribution in [0.3, 0.4) is 0 Å². The fourth-order valence-corrected chi connectivity index (χ4v) is 3.20. The van der Waals surface area contributed by atoms with E-state index in [4.69, 9.17) is 9.47 Å². The number of anilines is 1. The van der Waals surface area contributed by atoms with E-state index in [0.717, 1.165) is 12.1 Å². The molecular formula is C21H21F3N2O4. The van der Waals surface area contributed by atoms with Crippen LogP contribution in [0.15, 0.2) is 42.5 Å². The molecule has 2 aromatic carbocycles. The number of benzene rings is 2. The van der Waals surface area contributed by atoms with Gasteiger partial charge in [-0.1, -0.05) is 6.07 Å². The Labute approximate surface area is 171 Å². The number of aldehydes is 1. The van der Waals surface area contributed by atoms with E-state index in [1.54, 1.807) is 23.1 Å². The molecule has 1 heterocycles. The monoisotopic (exact) mass is 422 g/mol. The highest BCUT2D eigenvalue weighted by Crippen LogP contribution is 2.32. The highest BCUT2D eigenvalue weighted by atomic mass is 19.4. The van der Waals surface area contributed by atoms with Gasteiger partial charge in [0.15, 0.2) is 18.1 Å². The number of methoxy groups -OCH3 is 1. The molecule has 0 bridgehead atoms. The molecule has 0 unspecified atom stereocenters. The molecule has 0 aromatic heterocycles. The van der Waals surface area contributed by atoms with Gasteiger partial charge in [-0.25, -0.2) is 0 Å². The average molecular weight is 422 g/mol. The summed E-state index contributed by atoms with van der Waals surface area (Å²) in [6.45, 7) is 1.38. The first-order valence-electron chi connectivity index (χ1n) is 9.28. The maximum atomic E-state index is 12.9. The molecule has 9 heteroatoms. The zero-order valence-electron chi connectivity index (χ0n) is 16.3. The number of halogens is 3. The number of ether oxygens (including phenoxy) is 2. The number of hydrogen-bond acceptors (Lipinski definition) is 5. The van der Waals surface area contributed by atoms with Crippen molar-refractivity contribution in [3.05, 3.63) is 53.6 Å². The fraction of sp³-hybridized carbons (Fsp3) is 0.333. The summed E-state index contributed by atoms with van der Waals surface area (Å²) in [4.78, 5) is 26.7. The van der Waals surface area contributed by atoms with Crippen molar-refractivity contribution in [2.24, 2.45) is 0 Å². The van der Waals surface area contributed by atoms with Crippen molar-refractivity contribution in [3.8, 4) is 11.5 Å². The van der Waals surface area contributed by atoms with E-state index in [0.29, 0.717) is 55.2 Å². The highest BCUT2D eigenvalue weighted by Gasteiger charge is 2.31. The van der Waals surface area contributed by atoms with Crippen molar-refractivity contribution in [1.82, 2.24) is 4.90 Å². The van der Waals surface area contributed by atoms with Gasteiger partial charge in [-0.2, -0.15) is 13.2 Å². The minimum Gasteiger partial charge on any atom is -0.493 e. The number of piperazine rings is 1. The van der Waals surface area contributed by atoms with Crippen LogP contribution in [0.1, 0.15) is 15.9 Å². The molecule has 0 aliphatic carbocycles. The van der Waals surface area contributed by atoms with Crippen LogP contribution >= 0.6 is 0 Å². The topological polar surface area (TPSA) is 59.1 Å². The van der Waals surface area contributed by atoms with Crippen molar-refractivity contribution in [2.45, 2.75) is 6.18 Å². The van der Waals surface area contributed by atoms with E-state index in [2.05, 4.69) is 0 Å². The van der Waals surface area contributed by atoms with E-state index >= 15 is 0 Å². The molecule has 0 atom stereocenters. The molecule has 1 fully saturated rings. The zero-order chi connectivity index (χ0) is 21.7. The summed E-state index contributed by atoms with van der Waals surface area (Å²) < 4.78 is 49.4. The molecule has 1 saturated heterocycles. The molecule has 1 aliphatic rings. The molecule has 0 spiro atoms. The summed E-state index contributed by atoms with van der Waals surface area (Å²) in [6.07, 6.45) is -3.71. The second-order valence-electron chi connectivity index (χ2n) is 6.73. The molecule has 6 nitrogen and oxygen atoms in total. The number of hydrogen-bond donors (Lipinski definition) is 0. The van der Waals surface area contributed by atoms with Gasteiger partial charge in [-0.3, -0.25) is 9.59 Å². The molecule has 3 rings (SSSR count). The van der Waals surface area contributed by atoms with Crippen LogP contribution < -0.4 is 14.4 Å². The number of nitrogens with zero attached hydrogens (tertiary/aromatic N) is 2. The van der Waals surface area contributed by atoms with Crippen LogP contribution in [0, 0.1) is 0 Å². The Morgan fingerprint density at radius 1 is 1.07 bits per heavy atom. The maximum Gasteiger partial charge on any atom is 0.416 e. The Balaban J connectivity index is 1.55. The van der Waals surface area contributed by atoms with Crippen LogP contribution in [-0.4, -0.2) is 57.0 Å². The number of amides is 1. The Hall–Kier alpha value is -3.23. The molecule has 1 amide bonds. The van der Waals surface area contributed by atoms with Crippen LogP contribution in [-0.2, 0) is 11.0 Å². The van der Waals surface area contributed by atoms with E-state index in [9.17, 15) is 22.8 Å². The maximum absolute atomic E-state index is 12.9.